The Bertz CT molecular complexity index is 8.49. The quantitative estimate of drug-likeness (QED) is 0.565. The smallest absolute Gasteiger partial charge is 0 e. The van der Waals surface area contributed by atoms with E-state index in [1.807, 2.05) is 0 Å². The van der Waals surface area contributed by atoms with Gasteiger partial charge in [-0.15, -0.1) is 0 Å². The second-order valence-corrected chi connectivity index (χ2v) is 1.41. The van der Waals surface area contributed by atoms with Gasteiger partial charge in [-0.25, -0.2) is 0 Å². The monoisotopic (exact) mass is 342 g/mol. The molecule has 0 heterocycles. The van der Waals surface area contributed by atoms with Crippen LogP contribution < -0.4 is 0 Å². The summed E-state index contributed by atoms with van der Waals surface area (Å²) in [6.45, 7) is 8.50. The Morgan fingerprint density at radius 3 is 0.750 bits per heavy atom. The largest absolute Gasteiger partial charge is 0.0656 e. The van der Waals surface area contributed by atoms with Crippen LogP contribution in [0, 0.1) is 0 Å². The molecule has 2 heteroatoms. The fourth-order valence-corrected chi connectivity index (χ4v) is 0. The zero-order valence-electron chi connectivity index (χ0n) is 6.17. The molecule has 0 aliphatic rings. The lowest BCUT2D eigenvalue weighted by Gasteiger charge is -1.48. The van der Waals surface area contributed by atoms with Gasteiger partial charge < -0.3 is 0 Å². The van der Waals surface area contributed by atoms with E-state index in [2.05, 4.69) is 64.9 Å². The molecule has 0 aliphatic carbocycles. The predicted molar refractivity (Wildman–Crippen MR) is 60.0 cm³/mol. The Balaban J connectivity index is -0.0000000483. The summed E-state index contributed by atoms with van der Waals surface area (Å²) in [5, 5.41) is 0. The summed E-state index contributed by atoms with van der Waals surface area (Å²) in [6, 6.07) is 0. The van der Waals surface area contributed by atoms with E-state index in [4.69, 9.17) is 0 Å². The molecule has 0 radical (unpaired) electrons. The Morgan fingerprint density at radius 2 is 0.750 bits per heavy atom. The summed E-state index contributed by atoms with van der Waals surface area (Å²) in [5.41, 5.74) is 0. The van der Waals surface area contributed by atoms with Gasteiger partial charge >= 0.3 is 0 Å². The van der Waals surface area contributed by atoms with Crippen molar-refractivity contribution in [1.29, 1.82) is 0 Å². The van der Waals surface area contributed by atoms with Crippen LogP contribution >= 0.6 is 37.2 Å². The molecule has 0 rings (SSSR count). The first-order valence-corrected chi connectivity index (χ1v) is 9.26. The van der Waals surface area contributed by atoms with E-state index >= 15 is 0 Å². The Hall–Kier alpha value is 1.46. The number of hydrogen-bond acceptors (Lipinski definition) is 0. The van der Waals surface area contributed by atoms with Crippen LogP contribution in [0.4, 0.5) is 0 Å². The molecule has 0 aromatic rings. The molecule has 0 saturated heterocycles. The van der Waals surface area contributed by atoms with Crippen LogP contribution in [-0.2, 0) is 0 Å². The van der Waals surface area contributed by atoms with Gasteiger partial charge in [-0.3, -0.25) is 0 Å². The van der Waals surface area contributed by atoms with Gasteiger partial charge in [0.1, 0.15) is 0 Å². The van der Waals surface area contributed by atoms with Crippen molar-refractivity contribution in [2.75, 3.05) is 0 Å². The molecule has 0 nitrogen and oxygen atoms in total. The fourth-order valence-electron chi connectivity index (χ4n) is 0. The van der Waals surface area contributed by atoms with E-state index in [0.717, 1.165) is 0 Å². The summed E-state index contributed by atoms with van der Waals surface area (Å²) in [5.74, 6) is 0. The van der Waals surface area contributed by atoms with Gasteiger partial charge in [0.15, 0.2) is 0 Å². The summed E-state index contributed by atoms with van der Waals surface area (Å²) in [7, 11) is 0. The molecule has 0 aromatic carbocycles. The van der Waals surface area contributed by atoms with Gasteiger partial charge in [0.2, 0.25) is 0 Å². The third-order valence-electron chi connectivity index (χ3n) is 0. The first-order chi connectivity index (χ1) is 3.83. The number of hydrogen-bond donors (Lipinski definition) is 0. The summed E-state index contributed by atoms with van der Waals surface area (Å²) in [6.07, 6.45) is 2.50. The van der Waals surface area contributed by atoms with Crippen molar-refractivity contribution in [1.82, 2.24) is 0 Å². The van der Waals surface area contributed by atoms with Crippen LogP contribution in [0.3, 0.4) is 0 Å². The molecule has 0 bridgehead atoms. The summed E-state index contributed by atoms with van der Waals surface area (Å²) >= 11 is 4.24. The zero-order chi connectivity index (χ0) is 7.41. The van der Waals surface area contributed by atoms with E-state index in [1.165, 1.54) is 12.8 Å². The maximum Gasteiger partial charge on any atom is 0 e. The van der Waals surface area contributed by atoms with Crippen LogP contribution in [-0.4, -0.2) is 0 Å². The standard InChI is InChI=1S/2C3H8.I2/c2*1-3-2;1-2/h2*3H2,1-2H3;. The average molecular weight is 342 g/mol. The molecular weight excluding hydrogens is 326 g/mol. The molecule has 0 amide bonds. The van der Waals surface area contributed by atoms with Crippen LogP contribution in [0.25, 0.3) is 0 Å². The highest BCUT2D eigenvalue weighted by atomic mass is 128. The zero-order valence-corrected chi connectivity index (χ0v) is 10.5. The molecule has 0 N–H and O–H groups in total. The minimum absolute atomic E-state index is 1.25. The van der Waals surface area contributed by atoms with Crippen molar-refractivity contribution in [3.05, 3.63) is 0 Å². The summed E-state index contributed by atoms with van der Waals surface area (Å²) < 4.78 is 0. The third kappa shape index (κ3) is 146. The normalized spacial score (nSPS) is 5.25. The van der Waals surface area contributed by atoms with Gasteiger partial charge in [0, 0.05) is 37.2 Å². The van der Waals surface area contributed by atoms with Crippen molar-refractivity contribution in [3.8, 4) is 0 Å². The van der Waals surface area contributed by atoms with Gasteiger partial charge in [-0.05, 0) is 0 Å². The van der Waals surface area contributed by atoms with Crippen molar-refractivity contribution >= 4 is 37.2 Å². The average Bonchev–Trinajstić information content (AvgIpc) is 1.75. The van der Waals surface area contributed by atoms with Crippen LogP contribution in [0.5, 0.6) is 0 Å². The van der Waals surface area contributed by atoms with E-state index in [1.54, 1.807) is 0 Å². The van der Waals surface area contributed by atoms with Crippen LogP contribution in [0.1, 0.15) is 40.5 Å². The molecule has 8 heavy (non-hydrogen) atoms. The first kappa shape index (κ1) is 16.2. The highest BCUT2D eigenvalue weighted by molar-refractivity contribution is 15.0. The minimum Gasteiger partial charge on any atom is -0.0656 e. The minimum atomic E-state index is 1.25. The highest BCUT2D eigenvalue weighted by Crippen LogP contribution is 1.89. The van der Waals surface area contributed by atoms with Crippen molar-refractivity contribution in [3.63, 3.8) is 0 Å². The molecule has 0 saturated carbocycles. The SMILES string of the molecule is CCC.CCC.II. The summed E-state index contributed by atoms with van der Waals surface area (Å²) in [4.78, 5) is 0. The number of rotatable bonds is 0. The molecule has 0 fully saturated rings. The van der Waals surface area contributed by atoms with E-state index < -0.39 is 0 Å². The molecule has 0 unspecified atom stereocenters. The Kier molecular flexibility index (Phi) is 79.8. The molecule has 0 spiro atoms. The maximum absolute atomic E-state index is 2.12. The lowest BCUT2D eigenvalue weighted by Crippen LogP contribution is -1.27. The Morgan fingerprint density at radius 1 is 0.750 bits per heavy atom. The number of halogens is 2. The van der Waals surface area contributed by atoms with Gasteiger partial charge in [0.05, 0.1) is 0 Å². The first-order valence-electron chi connectivity index (χ1n) is 2.97. The fraction of sp³-hybridized carbons (Fsp3) is 1.00. The lowest BCUT2D eigenvalue weighted by atomic mass is 10.6. The lowest BCUT2D eigenvalue weighted by molar-refractivity contribution is 1.09. The van der Waals surface area contributed by atoms with E-state index in [9.17, 15) is 0 Å². The topological polar surface area (TPSA) is 0 Å². The van der Waals surface area contributed by atoms with Crippen LogP contribution in [0.15, 0.2) is 0 Å². The van der Waals surface area contributed by atoms with Gasteiger partial charge in [0.25, 0.3) is 0 Å². The van der Waals surface area contributed by atoms with Crippen molar-refractivity contribution < 1.29 is 0 Å². The van der Waals surface area contributed by atoms with E-state index in [0.29, 0.717) is 0 Å². The van der Waals surface area contributed by atoms with Crippen LogP contribution in [0.2, 0.25) is 0 Å². The molecule has 0 atom stereocenters. The van der Waals surface area contributed by atoms with Gasteiger partial charge in [-0.1, -0.05) is 40.5 Å². The second-order valence-electron chi connectivity index (χ2n) is 1.41. The molecular formula is C6H16I2. The van der Waals surface area contributed by atoms with Crippen molar-refractivity contribution in [2.24, 2.45) is 0 Å². The molecule has 54 valence electrons. The van der Waals surface area contributed by atoms with Gasteiger partial charge in [-0.2, -0.15) is 0 Å². The van der Waals surface area contributed by atoms with Crippen molar-refractivity contribution in [2.45, 2.75) is 40.5 Å². The predicted octanol–water partition coefficient (Wildman–Crippen LogP) is 4.60. The second kappa shape index (κ2) is 39.3. The molecule has 0 aliphatic heterocycles. The molecule has 0 aromatic heterocycles. The highest BCUT2D eigenvalue weighted by Gasteiger charge is 1.36. The third-order valence-corrected chi connectivity index (χ3v) is 0. The maximum atomic E-state index is 2.12. The Labute approximate surface area is 77.1 Å². The van der Waals surface area contributed by atoms with E-state index in [-0.39, 0.29) is 0 Å².